The number of benzene rings is 1. The molecule has 3 nitrogen and oxygen atoms in total. The third-order valence-electron chi connectivity index (χ3n) is 3.09. The molecule has 1 aromatic carbocycles. The van der Waals surface area contributed by atoms with E-state index in [0.717, 1.165) is 42.7 Å². The zero-order valence-electron chi connectivity index (χ0n) is 12.0. The standard InChI is InChI=1S/C15H24BrNO2/c1-4-8-19-9-7-13(17-2)10-12-11-14(18-3)5-6-15(12)16/h5-6,11,13,17H,4,7-10H2,1-3H3. The summed E-state index contributed by atoms with van der Waals surface area (Å²) in [5, 5.41) is 3.35. The van der Waals surface area contributed by atoms with Crippen LogP contribution in [0.1, 0.15) is 25.3 Å². The number of rotatable bonds is 9. The summed E-state index contributed by atoms with van der Waals surface area (Å²) in [4.78, 5) is 0. The number of ether oxygens (including phenoxy) is 2. The molecule has 0 amide bonds. The molecule has 0 saturated heterocycles. The number of likely N-dealkylation sites (N-methyl/N-ethyl adjacent to an activating group) is 1. The van der Waals surface area contributed by atoms with E-state index < -0.39 is 0 Å². The van der Waals surface area contributed by atoms with E-state index in [0.29, 0.717) is 6.04 Å². The van der Waals surface area contributed by atoms with Crippen molar-refractivity contribution < 1.29 is 9.47 Å². The summed E-state index contributed by atoms with van der Waals surface area (Å²) in [6.45, 7) is 3.78. The van der Waals surface area contributed by atoms with Gasteiger partial charge in [0.15, 0.2) is 0 Å². The van der Waals surface area contributed by atoms with E-state index >= 15 is 0 Å². The molecule has 1 rings (SSSR count). The maximum Gasteiger partial charge on any atom is 0.119 e. The first-order valence-corrected chi connectivity index (χ1v) is 7.58. The van der Waals surface area contributed by atoms with Gasteiger partial charge in [-0.25, -0.2) is 0 Å². The van der Waals surface area contributed by atoms with Gasteiger partial charge in [-0.3, -0.25) is 0 Å². The SMILES string of the molecule is CCCOCCC(Cc1cc(OC)ccc1Br)NC. The molecule has 1 N–H and O–H groups in total. The Balaban J connectivity index is 2.54. The van der Waals surface area contributed by atoms with E-state index in [1.165, 1.54) is 5.56 Å². The number of methoxy groups -OCH3 is 1. The molecule has 1 atom stereocenters. The zero-order valence-corrected chi connectivity index (χ0v) is 13.6. The molecule has 0 bridgehead atoms. The van der Waals surface area contributed by atoms with E-state index in [9.17, 15) is 0 Å². The van der Waals surface area contributed by atoms with Crippen LogP contribution >= 0.6 is 15.9 Å². The Morgan fingerprint density at radius 1 is 1.32 bits per heavy atom. The third kappa shape index (κ3) is 5.93. The van der Waals surface area contributed by atoms with Gasteiger partial charge in [-0.1, -0.05) is 22.9 Å². The van der Waals surface area contributed by atoms with E-state index in [1.807, 2.05) is 19.2 Å². The largest absolute Gasteiger partial charge is 0.497 e. The van der Waals surface area contributed by atoms with Crippen LogP contribution in [0, 0.1) is 0 Å². The van der Waals surface area contributed by atoms with Gasteiger partial charge in [-0.15, -0.1) is 0 Å². The summed E-state index contributed by atoms with van der Waals surface area (Å²) in [5.41, 5.74) is 1.26. The fourth-order valence-electron chi connectivity index (χ4n) is 1.92. The number of halogens is 1. The van der Waals surface area contributed by atoms with Gasteiger partial charge in [0.1, 0.15) is 5.75 Å². The maximum atomic E-state index is 5.55. The quantitative estimate of drug-likeness (QED) is 0.704. The second-order valence-corrected chi connectivity index (χ2v) is 5.40. The van der Waals surface area contributed by atoms with E-state index in [2.05, 4.69) is 34.2 Å². The summed E-state index contributed by atoms with van der Waals surface area (Å²) in [7, 11) is 3.69. The van der Waals surface area contributed by atoms with E-state index in [-0.39, 0.29) is 0 Å². The molecule has 0 radical (unpaired) electrons. The first kappa shape index (κ1) is 16.5. The van der Waals surface area contributed by atoms with Crippen LogP contribution in [0.4, 0.5) is 0 Å². The van der Waals surface area contributed by atoms with Gasteiger partial charge < -0.3 is 14.8 Å². The fourth-order valence-corrected chi connectivity index (χ4v) is 2.33. The Bertz CT molecular complexity index is 371. The first-order chi connectivity index (χ1) is 9.21. The Kier molecular flexibility index (Phi) is 8.10. The predicted octanol–water partition coefficient (Wildman–Crippen LogP) is 3.40. The highest BCUT2D eigenvalue weighted by Crippen LogP contribution is 2.24. The number of hydrogen-bond acceptors (Lipinski definition) is 3. The minimum absolute atomic E-state index is 0.417. The Morgan fingerprint density at radius 2 is 2.11 bits per heavy atom. The fraction of sp³-hybridized carbons (Fsp3) is 0.600. The molecule has 1 aromatic rings. The predicted molar refractivity (Wildman–Crippen MR) is 83.0 cm³/mol. The smallest absolute Gasteiger partial charge is 0.119 e. The van der Waals surface area contributed by atoms with Crippen LogP contribution in [-0.4, -0.2) is 33.4 Å². The van der Waals surface area contributed by atoms with Crippen LogP contribution in [0.3, 0.4) is 0 Å². The first-order valence-electron chi connectivity index (χ1n) is 6.78. The molecule has 0 heterocycles. The van der Waals surface area contributed by atoms with Crippen LogP contribution in [-0.2, 0) is 11.2 Å². The van der Waals surface area contributed by atoms with Gasteiger partial charge in [0.05, 0.1) is 7.11 Å². The Labute approximate surface area is 124 Å². The number of hydrogen-bond donors (Lipinski definition) is 1. The summed E-state index contributed by atoms with van der Waals surface area (Å²) in [6, 6.07) is 6.50. The Hall–Kier alpha value is -0.580. The van der Waals surface area contributed by atoms with Crippen molar-refractivity contribution in [2.75, 3.05) is 27.4 Å². The highest BCUT2D eigenvalue weighted by Gasteiger charge is 2.10. The average Bonchev–Trinajstić information content (AvgIpc) is 2.44. The molecule has 0 saturated carbocycles. The lowest BCUT2D eigenvalue weighted by atomic mass is 10.0. The van der Waals surface area contributed by atoms with Crippen molar-refractivity contribution in [3.63, 3.8) is 0 Å². The van der Waals surface area contributed by atoms with Crippen molar-refractivity contribution in [3.05, 3.63) is 28.2 Å². The summed E-state index contributed by atoms with van der Waals surface area (Å²) in [5.74, 6) is 0.898. The lowest BCUT2D eigenvalue weighted by Crippen LogP contribution is -2.29. The lowest BCUT2D eigenvalue weighted by molar-refractivity contribution is 0.125. The van der Waals surface area contributed by atoms with Crippen LogP contribution in [0.15, 0.2) is 22.7 Å². The van der Waals surface area contributed by atoms with Gasteiger partial charge in [0.2, 0.25) is 0 Å². The molecule has 0 fully saturated rings. The van der Waals surface area contributed by atoms with Crippen molar-refractivity contribution in [2.24, 2.45) is 0 Å². The second kappa shape index (κ2) is 9.34. The molecule has 0 aliphatic carbocycles. The average molecular weight is 330 g/mol. The van der Waals surface area contributed by atoms with Crippen molar-refractivity contribution in [3.8, 4) is 5.75 Å². The molecular weight excluding hydrogens is 306 g/mol. The molecule has 1 unspecified atom stereocenters. The van der Waals surface area contributed by atoms with Crippen molar-refractivity contribution >= 4 is 15.9 Å². The molecule has 19 heavy (non-hydrogen) atoms. The second-order valence-electron chi connectivity index (χ2n) is 4.55. The van der Waals surface area contributed by atoms with Gasteiger partial charge in [0, 0.05) is 23.7 Å². The zero-order chi connectivity index (χ0) is 14.1. The van der Waals surface area contributed by atoms with Crippen LogP contribution < -0.4 is 10.1 Å². The molecule has 0 spiro atoms. The van der Waals surface area contributed by atoms with Crippen molar-refractivity contribution in [1.82, 2.24) is 5.32 Å². The van der Waals surface area contributed by atoms with Crippen molar-refractivity contribution in [1.29, 1.82) is 0 Å². The van der Waals surface area contributed by atoms with Gasteiger partial charge >= 0.3 is 0 Å². The topological polar surface area (TPSA) is 30.5 Å². The molecule has 0 aliphatic heterocycles. The normalized spacial score (nSPS) is 12.4. The Morgan fingerprint density at radius 3 is 2.74 bits per heavy atom. The van der Waals surface area contributed by atoms with Gasteiger partial charge in [0.25, 0.3) is 0 Å². The van der Waals surface area contributed by atoms with E-state index in [1.54, 1.807) is 7.11 Å². The van der Waals surface area contributed by atoms with Crippen LogP contribution in [0.5, 0.6) is 5.75 Å². The molecule has 108 valence electrons. The molecule has 0 aromatic heterocycles. The van der Waals surface area contributed by atoms with Gasteiger partial charge in [-0.2, -0.15) is 0 Å². The van der Waals surface area contributed by atoms with Crippen LogP contribution in [0.2, 0.25) is 0 Å². The summed E-state index contributed by atoms with van der Waals surface area (Å²) in [6.07, 6.45) is 3.05. The molecule has 0 aliphatic rings. The maximum absolute atomic E-state index is 5.55. The summed E-state index contributed by atoms with van der Waals surface area (Å²) < 4.78 is 12.0. The molecular formula is C15H24BrNO2. The van der Waals surface area contributed by atoms with Crippen molar-refractivity contribution in [2.45, 2.75) is 32.2 Å². The highest BCUT2D eigenvalue weighted by molar-refractivity contribution is 9.10. The molecule has 4 heteroatoms. The number of nitrogens with one attached hydrogen (secondary N) is 1. The monoisotopic (exact) mass is 329 g/mol. The van der Waals surface area contributed by atoms with Crippen LogP contribution in [0.25, 0.3) is 0 Å². The summed E-state index contributed by atoms with van der Waals surface area (Å²) >= 11 is 3.60. The third-order valence-corrected chi connectivity index (χ3v) is 3.86. The lowest BCUT2D eigenvalue weighted by Gasteiger charge is -2.17. The highest BCUT2D eigenvalue weighted by atomic mass is 79.9. The van der Waals surface area contributed by atoms with Gasteiger partial charge in [-0.05, 0) is 50.1 Å². The minimum Gasteiger partial charge on any atom is -0.497 e. The van der Waals surface area contributed by atoms with E-state index in [4.69, 9.17) is 9.47 Å². The minimum atomic E-state index is 0.417.